The van der Waals surface area contributed by atoms with Gasteiger partial charge >= 0.3 is 0 Å². The van der Waals surface area contributed by atoms with Crippen LogP contribution in [0.25, 0.3) is 10.9 Å². The number of aromatic nitrogens is 1. The molecule has 1 amide bonds. The molecule has 4 aromatic rings. The Morgan fingerprint density at radius 2 is 1.73 bits per heavy atom. The minimum absolute atomic E-state index is 0.00301. The van der Waals surface area contributed by atoms with Gasteiger partial charge in [0.15, 0.2) is 17.2 Å². The van der Waals surface area contributed by atoms with Crippen molar-refractivity contribution in [3.05, 3.63) is 70.7 Å². The first-order chi connectivity index (χ1) is 17.6. The number of amides is 1. The summed E-state index contributed by atoms with van der Waals surface area (Å²) in [6.45, 7) is 1.19. The van der Waals surface area contributed by atoms with E-state index in [0.717, 1.165) is 14.3 Å². The third kappa shape index (κ3) is 5.44. The fraction of sp³-hybridized carbons (Fsp3) is 0.160. The van der Waals surface area contributed by atoms with Crippen LogP contribution in [0.1, 0.15) is 5.56 Å². The van der Waals surface area contributed by atoms with Gasteiger partial charge in [0.05, 0.1) is 30.3 Å². The number of aryl methyl sites for hydroxylation is 1. The zero-order valence-electron chi connectivity index (χ0n) is 20.1. The zero-order chi connectivity index (χ0) is 26.7. The Kier molecular flexibility index (Phi) is 7.50. The van der Waals surface area contributed by atoms with E-state index in [4.69, 9.17) is 9.47 Å². The number of rotatable bonds is 8. The first-order valence-corrected chi connectivity index (χ1v) is 13.1. The highest BCUT2D eigenvalue weighted by Gasteiger charge is 2.28. The van der Waals surface area contributed by atoms with E-state index in [-0.39, 0.29) is 27.9 Å². The van der Waals surface area contributed by atoms with Crippen LogP contribution in [-0.2, 0) is 14.8 Å². The summed E-state index contributed by atoms with van der Waals surface area (Å²) in [6.07, 6.45) is 0. The van der Waals surface area contributed by atoms with E-state index in [1.165, 1.54) is 38.5 Å². The predicted octanol–water partition coefficient (Wildman–Crippen LogP) is 5.47. The fourth-order valence-corrected chi connectivity index (χ4v) is 5.40. The lowest BCUT2D eigenvalue weighted by atomic mass is 10.2. The number of benzene rings is 3. The van der Waals surface area contributed by atoms with Gasteiger partial charge in [0.1, 0.15) is 6.54 Å². The number of H-pyrrole nitrogens is 1. The largest absolute Gasteiger partial charge is 0.493 e. The molecule has 0 unspecified atom stereocenters. The predicted molar refractivity (Wildman–Crippen MR) is 142 cm³/mol. The van der Waals surface area contributed by atoms with Gasteiger partial charge in [0.2, 0.25) is 5.88 Å². The Hall–Kier alpha value is -3.90. The molecule has 1 aromatic heterocycles. The summed E-state index contributed by atoms with van der Waals surface area (Å²) in [4.78, 5) is 15.7. The molecule has 0 atom stereocenters. The Bertz CT molecular complexity index is 1600. The molecular formula is C25H23BrN4O6S. The highest BCUT2D eigenvalue weighted by molar-refractivity contribution is 9.10. The highest BCUT2D eigenvalue weighted by Crippen LogP contribution is 2.37. The number of aromatic amines is 1. The molecule has 0 radical (unpaired) electrons. The van der Waals surface area contributed by atoms with Crippen LogP contribution in [0.3, 0.4) is 0 Å². The molecule has 0 saturated carbocycles. The van der Waals surface area contributed by atoms with Gasteiger partial charge in [0, 0.05) is 15.9 Å². The average Bonchev–Trinajstić information content (AvgIpc) is 3.19. The smallest absolute Gasteiger partial charge is 0.285 e. The van der Waals surface area contributed by atoms with Gasteiger partial charge in [-0.15, -0.1) is 10.2 Å². The number of ether oxygens (including phenoxy) is 2. The SMILES string of the molecule is COc1ccc(N(CC(=O)N=Nc2c(O)[nH]c3ccc(Br)cc23)S(=O)(=O)c2ccc(C)cc2)cc1OC. The summed E-state index contributed by atoms with van der Waals surface area (Å²) in [7, 11) is -1.30. The number of nitrogens with zero attached hydrogens (tertiary/aromatic N) is 3. The van der Waals surface area contributed by atoms with Crippen molar-refractivity contribution in [3.8, 4) is 17.4 Å². The number of carbonyl (C=O) groups is 1. The molecule has 2 N–H and O–H groups in total. The topological polar surface area (TPSA) is 134 Å². The molecule has 37 heavy (non-hydrogen) atoms. The maximum Gasteiger partial charge on any atom is 0.285 e. The third-order valence-electron chi connectivity index (χ3n) is 5.52. The van der Waals surface area contributed by atoms with Crippen LogP contribution in [0.2, 0.25) is 0 Å². The van der Waals surface area contributed by atoms with Crippen molar-refractivity contribution in [2.24, 2.45) is 10.2 Å². The normalized spacial score (nSPS) is 11.7. The van der Waals surface area contributed by atoms with Crippen LogP contribution in [0.15, 0.2) is 80.3 Å². The number of azo groups is 1. The van der Waals surface area contributed by atoms with Crippen molar-refractivity contribution in [3.63, 3.8) is 0 Å². The minimum atomic E-state index is -4.18. The number of methoxy groups -OCH3 is 2. The van der Waals surface area contributed by atoms with Gasteiger partial charge in [-0.1, -0.05) is 33.6 Å². The Balaban J connectivity index is 1.72. The van der Waals surface area contributed by atoms with Gasteiger partial charge in [0.25, 0.3) is 15.9 Å². The van der Waals surface area contributed by atoms with E-state index in [9.17, 15) is 18.3 Å². The molecule has 0 fully saturated rings. The number of carbonyl (C=O) groups excluding carboxylic acids is 1. The van der Waals surface area contributed by atoms with E-state index >= 15 is 0 Å². The number of fused-ring (bicyclic) bond motifs is 1. The second kappa shape index (κ2) is 10.6. The van der Waals surface area contributed by atoms with E-state index < -0.39 is 22.5 Å². The molecule has 0 spiro atoms. The lowest BCUT2D eigenvalue weighted by Gasteiger charge is -2.24. The lowest BCUT2D eigenvalue weighted by Crippen LogP contribution is -2.35. The second-order valence-corrected chi connectivity index (χ2v) is 10.7. The molecule has 0 aliphatic carbocycles. The third-order valence-corrected chi connectivity index (χ3v) is 7.80. The van der Waals surface area contributed by atoms with Crippen molar-refractivity contribution < 1.29 is 27.8 Å². The Labute approximate surface area is 221 Å². The number of anilines is 1. The van der Waals surface area contributed by atoms with Crippen LogP contribution in [0.5, 0.6) is 17.4 Å². The van der Waals surface area contributed by atoms with Gasteiger partial charge < -0.3 is 19.6 Å². The van der Waals surface area contributed by atoms with E-state index in [1.807, 2.05) is 6.92 Å². The molecule has 12 heteroatoms. The molecule has 0 saturated heterocycles. The molecule has 1 heterocycles. The lowest BCUT2D eigenvalue weighted by molar-refractivity contribution is -0.116. The van der Waals surface area contributed by atoms with E-state index in [0.29, 0.717) is 16.7 Å². The number of halogens is 1. The molecule has 0 aliphatic rings. The minimum Gasteiger partial charge on any atom is -0.493 e. The molecule has 3 aromatic carbocycles. The standard InChI is InChI=1S/C25H23BrN4O6S/c1-15-4-8-18(9-5-15)37(33,34)30(17-7-11-21(35-2)22(13-17)36-3)14-23(31)28-29-24-19-12-16(26)6-10-20(19)27-25(24)32/h4-13,27,32H,14H2,1-3H3. The van der Waals surface area contributed by atoms with Gasteiger partial charge in [-0.05, 0) is 49.4 Å². The molecule has 0 aliphatic heterocycles. The molecule has 10 nitrogen and oxygen atoms in total. The first kappa shape index (κ1) is 26.2. The molecule has 192 valence electrons. The number of nitrogens with one attached hydrogen (secondary N) is 1. The summed E-state index contributed by atoms with van der Waals surface area (Å²) in [6, 6.07) is 16.0. The van der Waals surface area contributed by atoms with Crippen molar-refractivity contribution in [1.29, 1.82) is 0 Å². The van der Waals surface area contributed by atoms with Crippen LogP contribution in [0, 0.1) is 6.92 Å². The quantitative estimate of drug-likeness (QED) is 0.263. The maximum atomic E-state index is 13.6. The highest BCUT2D eigenvalue weighted by atomic mass is 79.9. The summed E-state index contributed by atoms with van der Waals surface area (Å²) >= 11 is 3.36. The second-order valence-electron chi connectivity index (χ2n) is 7.97. The number of hydrogen-bond acceptors (Lipinski definition) is 7. The molecule has 4 rings (SSSR count). The first-order valence-electron chi connectivity index (χ1n) is 10.9. The van der Waals surface area contributed by atoms with Crippen molar-refractivity contribution >= 4 is 54.1 Å². The summed E-state index contributed by atoms with van der Waals surface area (Å²) in [5.74, 6) is -0.443. The summed E-state index contributed by atoms with van der Waals surface area (Å²) in [5.41, 5.74) is 1.70. The monoisotopic (exact) mass is 586 g/mol. The van der Waals surface area contributed by atoms with Crippen molar-refractivity contribution in [2.75, 3.05) is 25.1 Å². The number of aromatic hydroxyl groups is 1. The van der Waals surface area contributed by atoms with Crippen LogP contribution in [-0.4, -0.2) is 45.2 Å². The Morgan fingerprint density at radius 3 is 2.41 bits per heavy atom. The van der Waals surface area contributed by atoms with Gasteiger partial charge in [-0.2, -0.15) is 0 Å². The fourth-order valence-electron chi connectivity index (χ4n) is 3.63. The average molecular weight is 587 g/mol. The van der Waals surface area contributed by atoms with Crippen LogP contribution < -0.4 is 13.8 Å². The molecule has 0 bridgehead atoms. The number of hydrogen-bond donors (Lipinski definition) is 2. The maximum absolute atomic E-state index is 13.6. The zero-order valence-corrected chi connectivity index (χ0v) is 22.5. The van der Waals surface area contributed by atoms with E-state index in [2.05, 4.69) is 31.1 Å². The van der Waals surface area contributed by atoms with Gasteiger partial charge in [-0.25, -0.2) is 8.42 Å². The van der Waals surface area contributed by atoms with E-state index in [1.54, 1.807) is 36.4 Å². The summed E-state index contributed by atoms with van der Waals surface area (Å²) in [5, 5.41) is 18.4. The van der Waals surface area contributed by atoms with Crippen LogP contribution in [0.4, 0.5) is 11.4 Å². The van der Waals surface area contributed by atoms with Crippen molar-refractivity contribution in [1.82, 2.24) is 4.98 Å². The van der Waals surface area contributed by atoms with Crippen LogP contribution >= 0.6 is 15.9 Å². The molecular weight excluding hydrogens is 564 g/mol. The Morgan fingerprint density at radius 1 is 1.03 bits per heavy atom. The van der Waals surface area contributed by atoms with Crippen molar-refractivity contribution in [2.45, 2.75) is 11.8 Å². The summed E-state index contributed by atoms with van der Waals surface area (Å²) < 4.78 is 39.5. The van der Waals surface area contributed by atoms with Gasteiger partial charge in [-0.3, -0.25) is 9.10 Å². The number of sulfonamides is 1.